The van der Waals surface area contributed by atoms with E-state index in [-0.39, 0.29) is 17.9 Å². The zero-order valence-electron chi connectivity index (χ0n) is 9.47. The maximum atomic E-state index is 12.0. The van der Waals surface area contributed by atoms with Gasteiger partial charge in [-0.3, -0.25) is 4.79 Å². The van der Waals surface area contributed by atoms with Gasteiger partial charge in [-0.15, -0.1) is 0 Å². The van der Waals surface area contributed by atoms with Crippen molar-refractivity contribution in [1.29, 1.82) is 0 Å². The topological polar surface area (TPSA) is 41.1 Å². The lowest BCUT2D eigenvalue weighted by atomic mass is 10.0. The second-order valence-corrected chi connectivity index (χ2v) is 5.16. The summed E-state index contributed by atoms with van der Waals surface area (Å²) in [7, 11) is 0. The predicted molar refractivity (Wildman–Crippen MR) is 70.7 cm³/mol. The molecule has 1 fully saturated rings. The second-order valence-electron chi connectivity index (χ2n) is 4.29. The summed E-state index contributed by atoms with van der Waals surface area (Å²) in [4.78, 5) is 12.0. The monoisotopic (exact) mass is 272 g/mol. The summed E-state index contributed by atoms with van der Waals surface area (Å²) in [6, 6.07) is 5.24. The first-order chi connectivity index (χ1) is 8.06. The summed E-state index contributed by atoms with van der Waals surface area (Å²) in [5.41, 5.74) is 0.645. The van der Waals surface area contributed by atoms with Gasteiger partial charge in [-0.2, -0.15) is 0 Å². The number of hydrogen-bond donors (Lipinski definition) is 2. The van der Waals surface area contributed by atoms with Gasteiger partial charge in [-0.05, 0) is 38.1 Å². The molecule has 2 unspecified atom stereocenters. The number of hydrogen-bond acceptors (Lipinski definition) is 2. The van der Waals surface area contributed by atoms with Crippen molar-refractivity contribution in [2.24, 2.45) is 5.92 Å². The SMILES string of the molecule is CC1NCCC1C(=O)Nc1cc(Cl)cc(Cl)c1. The van der Waals surface area contributed by atoms with Crippen molar-refractivity contribution >= 4 is 34.8 Å². The molecule has 2 N–H and O–H groups in total. The molecular formula is C12H14Cl2N2O. The summed E-state index contributed by atoms with van der Waals surface area (Å²) < 4.78 is 0. The van der Waals surface area contributed by atoms with Gasteiger partial charge in [0.05, 0.1) is 5.92 Å². The molecule has 0 radical (unpaired) electrons. The largest absolute Gasteiger partial charge is 0.326 e. The van der Waals surface area contributed by atoms with Gasteiger partial charge in [0.25, 0.3) is 0 Å². The van der Waals surface area contributed by atoms with Crippen LogP contribution >= 0.6 is 23.2 Å². The molecule has 17 heavy (non-hydrogen) atoms. The highest BCUT2D eigenvalue weighted by molar-refractivity contribution is 6.35. The average Bonchev–Trinajstić information content (AvgIpc) is 2.62. The van der Waals surface area contributed by atoms with Crippen LogP contribution in [0.2, 0.25) is 10.0 Å². The highest BCUT2D eigenvalue weighted by Gasteiger charge is 2.29. The van der Waals surface area contributed by atoms with Crippen LogP contribution in [0.5, 0.6) is 0 Å². The van der Waals surface area contributed by atoms with Crippen LogP contribution in [0.3, 0.4) is 0 Å². The number of nitrogens with one attached hydrogen (secondary N) is 2. The molecule has 1 aliphatic heterocycles. The van der Waals surface area contributed by atoms with E-state index in [1.165, 1.54) is 0 Å². The fraction of sp³-hybridized carbons (Fsp3) is 0.417. The molecular weight excluding hydrogens is 259 g/mol. The molecule has 0 aliphatic carbocycles. The van der Waals surface area contributed by atoms with Crippen LogP contribution in [0, 0.1) is 5.92 Å². The smallest absolute Gasteiger partial charge is 0.229 e. The molecule has 1 aromatic rings. The Morgan fingerprint density at radius 1 is 1.35 bits per heavy atom. The number of amides is 1. The Morgan fingerprint density at radius 2 is 2.00 bits per heavy atom. The molecule has 1 amide bonds. The number of rotatable bonds is 2. The molecule has 1 aromatic carbocycles. The van der Waals surface area contributed by atoms with Crippen LogP contribution in [-0.4, -0.2) is 18.5 Å². The van der Waals surface area contributed by atoms with Gasteiger partial charge in [-0.25, -0.2) is 0 Å². The van der Waals surface area contributed by atoms with Crippen molar-refractivity contribution in [2.45, 2.75) is 19.4 Å². The standard InChI is InChI=1S/C12H14Cl2N2O/c1-7-11(2-3-15-7)12(17)16-10-5-8(13)4-9(14)6-10/h4-7,11,15H,2-3H2,1H3,(H,16,17). The summed E-state index contributed by atoms with van der Waals surface area (Å²) in [5.74, 6) is 0.0218. The van der Waals surface area contributed by atoms with Gasteiger partial charge in [0.1, 0.15) is 0 Å². The summed E-state index contributed by atoms with van der Waals surface area (Å²) in [6.45, 7) is 2.90. The van der Waals surface area contributed by atoms with E-state index in [4.69, 9.17) is 23.2 Å². The minimum atomic E-state index is 0.00718. The first kappa shape index (κ1) is 12.7. The summed E-state index contributed by atoms with van der Waals surface area (Å²) in [5, 5.41) is 7.13. The lowest BCUT2D eigenvalue weighted by molar-refractivity contribution is -0.119. The molecule has 92 valence electrons. The average molecular weight is 273 g/mol. The Morgan fingerprint density at radius 3 is 2.53 bits per heavy atom. The Kier molecular flexibility index (Phi) is 3.92. The molecule has 2 rings (SSSR count). The number of carbonyl (C=O) groups is 1. The van der Waals surface area contributed by atoms with Gasteiger partial charge in [-0.1, -0.05) is 23.2 Å². The van der Waals surface area contributed by atoms with Gasteiger partial charge in [0, 0.05) is 21.8 Å². The van der Waals surface area contributed by atoms with E-state index in [1.54, 1.807) is 18.2 Å². The lowest BCUT2D eigenvalue weighted by Crippen LogP contribution is -2.32. The highest BCUT2D eigenvalue weighted by atomic mass is 35.5. The molecule has 0 aromatic heterocycles. The van der Waals surface area contributed by atoms with Gasteiger partial charge in [0.2, 0.25) is 5.91 Å². The number of benzene rings is 1. The van der Waals surface area contributed by atoms with Crippen LogP contribution < -0.4 is 10.6 Å². The third-order valence-corrected chi connectivity index (χ3v) is 3.43. The Bertz CT molecular complexity index is 416. The first-order valence-electron chi connectivity index (χ1n) is 5.56. The molecule has 0 saturated carbocycles. The quantitative estimate of drug-likeness (QED) is 0.869. The van der Waals surface area contributed by atoms with Crippen molar-refractivity contribution in [2.75, 3.05) is 11.9 Å². The van der Waals surface area contributed by atoms with E-state index in [1.807, 2.05) is 6.92 Å². The summed E-state index contributed by atoms with van der Waals surface area (Å²) in [6.07, 6.45) is 0.862. The minimum absolute atomic E-state index is 0.00718. The summed E-state index contributed by atoms with van der Waals surface area (Å²) >= 11 is 11.7. The van der Waals surface area contributed by atoms with E-state index in [9.17, 15) is 4.79 Å². The molecule has 0 spiro atoms. The van der Waals surface area contributed by atoms with E-state index in [0.717, 1.165) is 13.0 Å². The van der Waals surface area contributed by atoms with Crippen LogP contribution in [0.1, 0.15) is 13.3 Å². The van der Waals surface area contributed by atoms with Gasteiger partial charge >= 0.3 is 0 Å². The van der Waals surface area contributed by atoms with Crippen LogP contribution in [-0.2, 0) is 4.79 Å². The zero-order valence-corrected chi connectivity index (χ0v) is 11.0. The van der Waals surface area contributed by atoms with Gasteiger partial charge < -0.3 is 10.6 Å². The Balaban J connectivity index is 2.07. The fourth-order valence-electron chi connectivity index (χ4n) is 2.08. The normalized spacial score (nSPS) is 23.7. The maximum absolute atomic E-state index is 12.0. The number of carbonyl (C=O) groups excluding carboxylic acids is 1. The maximum Gasteiger partial charge on any atom is 0.229 e. The lowest BCUT2D eigenvalue weighted by Gasteiger charge is -2.15. The molecule has 0 bridgehead atoms. The Labute approximate surface area is 110 Å². The zero-order chi connectivity index (χ0) is 12.4. The third kappa shape index (κ3) is 3.12. The molecule has 3 nitrogen and oxygen atoms in total. The van der Waals surface area contributed by atoms with Crippen molar-refractivity contribution < 1.29 is 4.79 Å². The molecule has 1 aliphatic rings. The predicted octanol–water partition coefficient (Wildman–Crippen LogP) is 2.93. The molecule has 2 atom stereocenters. The first-order valence-corrected chi connectivity index (χ1v) is 6.32. The van der Waals surface area contributed by atoms with Crippen molar-refractivity contribution in [3.05, 3.63) is 28.2 Å². The van der Waals surface area contributed by atoms with E-state index in [0.29, 0.717) is 15.7 Å². The Hall–Kier alpha value is -0.770. The highest BCUT2D eigenvalue weighted by Crippen LogP contribution is 2.24. The number of anilines is 1. The van der Waals surface area contributed by atoms with Crippen LogP contribution in [0.4, 0.5) is 5.69 Å². The van der Waals surface area contributed by atoms with Crippen molar-refractivity contribution in [1.82, 2.24) is 5.32 Å². The van der Waals surface area contributed by atoms with E-state index in [2.05, 4.69) is 10.6 Å². The second kappa shape index (κ2) is 5.25. The van der Waals surface area contributed by atoms with Crippen LogP contribution in [0.25, 0.3) is 0 Å². The minimum Gasteiger partial charge on any atom is -0.326 e. The third-order valence-electron chi connectivity index (χ3n) is 2.99. The van der Waals surface area contributed by atoms with E-state index < -0.39 is 0 Å². The van der Waals surface area contributed by atoms with Crippen molar-refractivity contribution in [3.8, 4) is 0 Å². The van der Waals surface area contributed by atoms with Crippen LogP contribution in [0.15, 0.2) is 18.2 Å². The van der Waals surface area contributed by atoms with Crippen molar-refractivity contribution in [3.63, 3.8) is 0 Å². The molecule has 1 saturated heterocycles. The fourth-order valence-corrected chi connectivity index (χ4v) is 2.60. The molecule has 1 heterocycles. The van der Waals surface area contributed by atoms with E-state index >= 15 is 0 Å². The number of halogens is 2. The van der Waals surface area contributed by atoms with Gasteiger partial charge in [0.15, 0.2) is 0 Å². The molecule has 5 heteroatoms.